The summed E-state index contributed by atoms with van der Waals surface area (Å²) in [6, 6.07) is 6.83. The van der Waals surface area contributed by atoms with Crippen molar-refractivity contribution in [1.82, 2.24) is 5.32 Å². The van der Waals surface area contributed by atoms with Gasteiger partial charge in [-0.25, -0.2) is 4.39 Å². The first-order valence-corrected chi connectivity index (χ1v) is 5.83. The minimum absolute atomic E-state index is 0.100. The summed E-state index contributed by atoms with van der Waals surface area (Å²) in [5.74, 6) is -0.375. The molecule has 1 atom stereocenters. The Kier molecular flexibility index (Phi) is 4.06. The molecular weight excluding hydrogens is 271 g/mol. The van der Waals surface area contributed by atoms with Crippen LogP contribution in [0, 0.1) is 17.1 Å². The third kappa shape index (κ3) is 2.81. The van der Waals surface area contributed by atoms with Gasteiger partial charge < -0.3 is 0 Å². The first-order valence-electron chi connectivity index (χ1n) is 5.03. The molecule has 0 aliphatic rings. The van der Waals surface area contributed by atoms with E-state index in [1.54, 1.807) is 19.1 Å². The van der Waals surface area contributed by atoms with Crippen molar-refractivity contribution in [3.8, 4) is 6.07 Å². The highest BCUT2D eigenvalue weighted by molar-refractivity contribution is 9.10. The van der Waals surface area contributed by atoms with E-state index in [2.05, 4.69) is 27.3 Å². The zero-order valence-electron chi connectivity index (χ0n) is 9.51. The van der Waals surface area contributed by atoms with Crippen molar-refractivity contribution < 1.29 is 4.39 Å². The molecule has 1 aromatic rings. The van der Waals surface area contributed by atoms with E-state index in [1.165, 1.54) is 6.07 Å². The van der Waals surface area contributed by atoms with Gasteiger partial charge in [-0.3, -0.25) is 5.32 Å². The van der Waals surface area contributed by atoms with Crippen molar-refractivity contribution in [3.63, 3.8) is 0 Å². The number of nitrogens with zero attached hydrogens (tertiary/aromatic N) is 1. The van der Waals surface area contributed by atoms with Gasteiger partial charge in [0, 0.05) is 16.1 Å². The molecule has 0 saturated carbocycles. The summed E-state index contributed by atoms with van der Waals surface area (Å²) < 4.78 is 14.5. The van der Waals surface area contributed by atoms with Crippen molar-refractivity contribution >= 4 is 15.9 Å². The van der Waals surface area contributed by atoms with E-state index in [1.807, 2.05) is 13.8 Å². The van der Waals surface area contributed by atoms with Gasteiger partial charge in [-0.1, -0.05) is 15.9 Å². The number of hydrogen-bond donors (Lipinski definition) is 1. The van der Waals surface area contributed by atoms with Crippen LogP contribution in [0.1, 0.15) is 26.3 Å². The van der Waals surface area contributed by atoms with Gasteiger partial charge in [-0.15, -0.1) is 0 Å². The number of hydrogen-bond acceptors (Lipinski definition) is 2. The van der Waals surface area contributed by atoms with Crippen molar-refractivity contribution in [2.75, 3.05) is 0 Å². The highest BCUT2D eigenvalue weighted by Gasteiger charge is 2.30. The van der Waals surface area contributed by atoms with E-state index >= 15 is 0 Å². The summed E-state index contributed by atoms with van der Waals surface area (Å²) in [6.07, 6.45) is 0. The zero-order valence-corrected chi connectivity index (χ0v) is 11.1. The Morgan fingerprint density at radius 1 is 1.50 bits per heavy atom. The SMILES string of the molecule is CC(C)NC(C)(C#N)c1cc(Br)ccc1F. The normalized spacial score (nSPS) is 14.6. The summed E-state index contributed by atoms with van der Waals surface area (Å²) >= 11 is 3.28. The van der Waals surface area contributed by atoms with Gasteiger partial charge in [0.1, 0.15) is 11.4 Å². The number of benzene rings is 1. The van der Waals surface area contributed by atoms with Crippen molar-refractivity contribution in [1.29, 1.82) is 5.26 Å². The van der Waals surface area contributed by atoms with Crippen LogP contribution in [0.2, 0.25) is 0 Å². The molecule has 0 bridgehead atoms. The van der Waals surface area contributed by atoms with Crippen molar-refractivity contribution in [2.45, 2.75) is 32.4 Å². The maximum Gasteiger partial charge on any atom is 0.132 e. The standard InChI is InChI=1S/C12H14BrFN2/c1-8(2)16-12(3,7-15)10-6-9(13)4-5-11(10)14/h4-6,8,16H,1-3H3. The Balaban J connectivity index is 3.23. The second-order valence-electron chi connectivity index (χ2n) is 4.16. The molecule has 0 radical (unpaired) electrons. The molecule has 0 heterocycles. The van der Waals surface area contributed by atoms with Gasteiger partial charge in [-0.05, 0) is 39.0 Å². The highest BCUT2D eigenvalue weighted by atomic mass is 79.9. The van der Waals surface area contributed by atoms with Crippen LogP contribution in [0.15, 0.2) is 22.7 Å². The Hall–Kier alpha value is -0.920. The quantitative estimate of drug-likeness (QED) is 0.924. The van der Waals surface area contributed by atoms with E-state index in [9.17, 15) is 9.65 Å². The van der Waals surface area contributed by atoms with Gasteiger partial charge in [0.2, 0.25) is 0 Å². The number of halogens is 2. The Morgan fingerprint density at radius 3 is 2.62 bits per heavy atom. The average molecular weight is 285 g/mol. The largest absolute Gasteiger partial charge is 0.294 e. The Labute approximate surface area is 104 Å². The predicted molar refractivity (Wildman–Crippen MR) is 65.3 cm³/mol. The monoisotopic (exact) mass is 284 g/mol. The number of nitrogens with one attached hydrogen (secondary N) is 1. The van der Waals surface area contributed by atoms with Crippen LogP contribution in [0.3, 0.4) is 0 Å². The second kappa shape index (κ2) is 4.94. The maximum atomic E-state index is 13.7. The lowest BCUT2D eigenvalue weighted by molar-refractivity contribution is 0.402. The van der Waals surface area contributed by atoms with Gasteiger partial charge in [0.25, 0.3) is 0 Å². The molecule has 1 rings (SSSR count). The molecular formula is C12H14BrFN2. The maximum absolute atomic E-state index is 13.7. The second-order valence-corrected chi connectivity index (χ2v) is 5.08. The molecule has 0 spiro atoms. The molecule has 16 heavy (non-hydrogen) atoms. The third-order valence-corrected chi connectivity index (χ3v) is 2.76. The van der Waals surface area contributed by atoms with Crippen LogP contribution in [0.25, 0.3) is 0 Å². The van der Waals surface area contributed by atoms with E-state index in [0.29, 0.717) is 5.56 Å². The summed E-state index contributed by atoms with van der Waals surface area (Å²) in [7, 11) is 0. The fraction of sp³-hybridized carbons (Fsp3) is 0.417. The summed E-state index contributed by atoms with van der Waals surface area (Å²) in [5.41, 5.74) is -0.653. The lowest BCUT2D eigenvalue weighted by atomic mass is 9.92. The van der Waals surface area contributed by atoms with Crippen LogP contribution < -0.4 is 5.32 Å². The molecule has 4 heteroatoms. The molecule has 0 fully saturated rings. The molecule has 0 saturated heterocycles. The number of rotatable bonds is 3. The Bertz CT molecular complexity index is 426. The van der Waals surface area contributed by atoms with Crippen molar-refractivity contribution in [2.24, 2.45) is 0 Å². The lowest BCUT2D eigenvalue weighted by Gasteiger charge is -2.26. The van der Waals surface area contributed by atoms with Crippen LogP contribution in [0.5, 0.6) is 0 Å². The fourth-order valence-corrected chi connectivity index (χ4v) is 1.99. The lowest BCUT2D eigenvalue weighted by Crippen LogP contribution is -2.43. The van der Waals surface area contributed by atoms with E-state index in [4.69, 9.17) is 0 Å². The third-order valence-electron chi connectivity index (χ3n) is 2.27. The van der Waals surface area contributed by atoms with E-state index in [0.717, 1.165) is 4.47 Å². The smallest absolute Gasteiger partial charge is 0.132 e. The average Bonchev–Trinajstić information content (AvgIpc) is 2.20. The van der Waals surface area contributed by atoms with Crippen LogP contribution in [-0.4, -0.2) is 6.04 Å². The van der Waals surface area contributed by atoms with Crippen LogP contribution in [0.4, 0.5) is 4.39 Å². The molecule has 1 unspecified atom stereocenters. The number of nitriles is 1. The molecule has 1 aromatic carbocycles. The van der Waals surface area contributed by atoms with Crippen LogP contribution >= 0.6 is 15.9 Å². The zero-order chi connectivity index (χ0) is 12.3. The van der Waals surface area contributed by atoms with E-state index < -0.39 is 5.54 Å². The molecule has 0 aliphatic carbocycles. The Morgan fingerprint density at radius 2 is 2.12 bits per heavy atom. The molecule has 1 N–H and O–H groups in total. The summed E-state index contributed by atoms with van der Waals surface area (Å²) in [6.45, 7) is 5.52. The summed E-state index contributed by atoms with van der Waals surface area (Å²) in [5, 5.41) is 12.3. The first-order chi connectivity index (χ1) is 7.39. The van der Waals surface area contributed by atoms with E-state index in [-0.39, 0.29) is 11.9 Å². The minimum Gasteiger partial charge on any atom is -0.294 e. The fourth-order valence-electron chi connectivity index (χ4n) is 1.63. The van der Waals surface area contributed by atoms with Gasteiger partial charge in [0.05, 0.1) is 6.07 Å². The molecule has 0 aliphatic heterocycles. The first kappa shape index (κ1) is 13.1. The van der Waals surface area contributed by atoms with Gasteiger partial charge in [-0.2, -0.15) is 5.26 Å². The van der Waals surface area contributed by atoms with Crippen molar-refractivity contribution in [3.05, 3.63) is 34.1 Å². The minimum atomic E-state index is -1.01. The molecule has 2 nitrogen and oxygen atoms in total. The van der Waals surface area contributed by atoms with Gasteiger partial charge in [0.15, 0.2) is 0 Å². The predicted octanol–water partition coefficient (Wildman–Crippen LogP) is 3.32. The summed E-state index contributed by atoms with van der Waals surface area (Å²) in [4.78, 5) is 0. The molecule has 86 valence electrons. The van der Waals surface area contributed by atoms with Gasteiger partial charge >= 0.3 is 0 Å². The highest BCUT2D eigenvalue weighted by Crippen LogP contribution is 2.26. The topological polar surface area (TPSA) is 35.8 Å². The molecule has 0 aromatic heterocycles. The van der Waals surface area contributed by atoms with Crippen LogP contribution in [-0.2, 0) is 5.54 Å². The molecule has 0 amide bonds.